The summed E-state index contributed by atoms with van der Waals surface area (Å²) in [5.74, 6) is 0. The molecule has 3 N–H and O–H groups in total. The van der Waals surface area contributed by atoms with Crippen LogP contribution < -0.4 is 5.32 Å². The summed E-state index contributed by atoms with van der Waals surface area (Å²) in [7, 11) is 0. The Morgan fingerprint density at radius 1 is 1.19 bits per heavy atom. The Bertz CT molecular complexity index is 287. The average Bonchev–Trinajstić information content (AvgIpc) is 2.30. The SMILES string of the molecule is CCC(NCC(C)O)C(O)c1ccccc1. The number of hydrogen-bond donors (Lipinski definition) is 3. The summed E-state index contributed by atoms with van der Waals surface area (Å²) in [4.78, 5) is 0. The Balaban J connectivity index is 2.59. The van der Waals surface area contributed by atoms with Crippen LogP contribution in [0, 0.1) is 0 Å². The van der Waals surface area contributed by atoms with Crippen molar-refractivity contribution in [2.24, 2.45) is 0 Å². The molecular formula is C13H21NO2. The smallest absolute Gasteiger partial charge is 0.0942 e. The zero-order valence-electron chi connectivity index (χ0n) is 9.93. The molecule has 0 aliphatic carbocycles. The van der Waals surface area contributed by atoms with Crippen molar-refractivity contribution in [3.63, 3.8) is 0 Å². The molecule has 0 saturated heterocycles. The Kier molecular flexibility index (Phi) is 5.46. The van der Waals surface area contributed by atoms with E-state index in [0.29, 0.717) is 6.54 Å². The van der Waals surface area contributed by atoms with Crippen LogP contribution in [0.4, 0.5) is 0 Å². The van der Waals surface area contributed by atoms with E-state index in [9.17, 15) is 10.2 Å². The van der Waals surface area contributed by atoms with Crippen molar-refractivity contribution in [1.29, 1.82) is 0 Å². The first-order valence-corrected chi connectivity index (χ1v) is 5.79. The van der Waals surface area contributed by atoms with Crippen LogP contribution in [-0.2, 0) is 0 Å². The second-order valence-electron chi connectivity index (χ2n) is 4.13. The molecule has 3 heteroatoms. The molecule has 3 atom stereocenters. The summed E-state index contributed by atoms with van der Waals surface area (Å²) in [5.41, 5.74) is 0.910. The number of aliphatic hydroxyl groups excluding tert-OH is 2. The number of hydrogen-bond acceptors (Lipinski definition) is 3. The maximum atomic E-state index is 10.1. The highest BCUT2D eigenvalue weighted by Crippen LogP contribution is 2.18. The lowest BCUT2D eigenvalue weighted by Gasteiger charge is -2.24. The van der Waals surface area contributed by atoms with Gasteiger partial charge in [0.1, 0.15) is 0 Å². The number of aliphatic hydroxyl groups is 2. The molecule has 0 fully saturated rings. The van der Waals surface area contributed by atoms with E-state index in [-0.39, 0.29) is 6.04 Å². The lowest BCUT2D eigenvalue weighted by atomic mass is 10.0. The zero-order valence-corrected chi connectivity index (χ0v) is 9.93. The minimum Gasteiger partial charge on any atom is -0.392 e. The maximum absolute atomic E-state index is 10.1. The fraction of sp³-hybridized carbons (Fsp3) is 0.538. The van der Waals surface area contributed by atoms with Gasteiger partial charge in [0, 0.05) is 12.6 Å². The van der Waals surface area contributed by atoms with Crippen LogP contribution in [-0.4, -0.2) is 28.9 Å². The minimum atomic E-state index is -0.523. The van der Waals surface area contributed by atoms with Crippen LogP contribution in [0.25, 0.3) is 0 Å². The Hall–Kier alpha value is -0.900. The van der Waals surface area contributed by atoms with E-state index < -0.39 is 12.2 Å². The lowest BCUT2D eigenvalue weighted by Crippen LogP contribution is -2.38. The molecule has 0 amide bonds. The molecule has 1 aromatic rings. The van der Waals surface area contributed by atoms with Gasteiger partial charge in [-0.1, -0.05) is 37.3 Å². The minimum absolute atomic E-state index is 0.0167. The van der Waals surface area contributed by atoms with Gasteiger partial charge < -0.3 is 15.5 Å². The molecule has 3 nitrogen and oxygen atoms in total. The third-order valence-electron chi connectivity index (χ3n) is 2.64. The Labute approximate surface area is 97.1 Å². The molecule has 0 bridgehead atoms. The van der Waals surface area contributed by atoms with Crippen molar-refractivity contribution >= 4 is 0 Å². The summed E-state index contributed by atoms with van der Waals surface area (Å²) in [6.45, 7) is 4.25. The largest absolute Gasteiger partial charge is 0.392 e. The first-order chi connectivity index (χ1) is 7.65. The molecule has 1 aromatic carbocycles. The molecule has 0 aliphatic heterocycles. The third-order valence-corrected chi connectivity index (χ3v) is 2.64. The second kappa shape index (κ2) is 6.63. The first-order valence-electron chi connectivity index (χ1n) is 5.79. The van der Waals surface area contributed by atoms with Gasteiger partial charge in [-0.2, -0.15) is 0 Å². The van der Waals surface area contributed by atoms with Crippen LogP contribution in [0.3, 0.4) is 0 Å². The summed E-state index contributed by atoms with van der Waals surface area (Å²) in [5, 5.41) is 22.5. The normalized spacial score (nSPS) is 16.8. The third kappa shape index (κ3) is 3.93. The van der Waals surface area contributed by atoms with Gasteiger partial charge in [-0.05, 0) is 18.9 Å². The summed E-state index contributed by atoms with van der Waals surface area (Å²) < 4.78 is 0. The fourth-order valence-electron chi connectivity index (χ4n) is 1.68. The van der Waals surface area contributed by atoms with Gasteiger partial charge in [0.2, 0.25) is 0 Å². The van der Waals surface area contributed by atoms with E-state index in [0.717, 1.165) is 12.0 Å². The van der Waals surface area contributed by atoms with Crippen LogP contribution in [0.2, 0.25) is 0 Å². The molecule has 16 heavy (non-hydrogen) atoms. The van der Waals surface area contributed by atoms with Gasteiger partial charge in [-0.15, -0.1) is 0 Å². The molecule has 0 aromatic heterocycles. The van der Waals surface area contributed by atoms with E-state index in [1.165, 1.54) is 0 Å². The van der Waals surface area contributed by atoms with E-state index in [4.69, 9.17) is 0 Å². The number of benzene rings is 1. The predicted octanol–water partition coefficient (Wildman–Crippen LogP) is 1.47. The quantitative estimate of drug-likeness (QED) is 0.684. The summed E-state index contributed by atoms with van der Waals surface area (Å²) in [6, 6.07) is 9.58. The number of nitrogens with one attached hydrogen (secondary N) is 1. The van der Waals surface area contributed by atoms with Gasteiger partial charge >= 0.3 is 0 Å². The van der Waals surface area contributed by atoms with Crippen molar-refractivity contribution in [2.45, 2.75) is 38.5 Å². The molecule has 0 heterocycles. The lowest BCUT2D eigenvalue weighted by molar-refractivity contribution is 0.112. The van der Waals surface area contributed by atoms with E-state index in [1.807, 2.05) is 37.3 Å². The van der Waals surface area contributed by atoms with Gasteiger partial charge in [0.05, 0.1) is 12.2 Å². The standard InChI is InChI=1S/C13H21NO2/c1-3-12(14-9-10(2)15)13(16)11-7-5-4-6-8-11/h4-8,10,12-16H,3,9H2,1-2H3. The van der Waals surface area contributed by atoms with Crippen LogP contribution in [0.1, 0.15) is 31.9 Å². The first kappa shape index (κ1) is 13.2. The summed E-state index contributed by atoms with van der Waals surface area (Å²) in [6.07, 6.45) is -0.0926. The fourth-order valence-corrected chi connectivity index (χ4v) is 1.68. The Morgan fingerprint density at radius 2 is 1.81 bits per heavy atom. The van der Waals surface area contributed by atoms with Gasteiger partial charge in [0.25, 0.3) is 0 Å². The van der Waals surface area contributed by atoms with E-state index in [1.54, 1.807) is 6.92 Å². The monoisotopic (exact) mass is 223 g/mol. The molecule has 1 rings (SSSR count). The Morgan fingerprint density at radius 3 is 2.31 bits per heavy atom. The number of rotatable bonds is 6. The van der Waals surface area contributed by atoms with E-state index in [2.05, 4.69) is 5.32 Å². The summed E-state index contributed by atoms with van der Waals surface area (Å²) >= 11 is 0. The zero-order chi connectivity index (χ0) is 12.0. The molecule has 3 unspecified atom stereocenters. The molecule has 0 saturated carbocycles. The second-order valence-corrected chi connectivity index (χ2v) is 4.13. The maximum Gasteiger partial charge on any atom is 0.0942 e. The van der Waals surface area contributed by atoms with Crippen LogP contribution >= 0.6 is 0 Å². The highest BCUT2D eigenvalue weighted by atomic mass is 16.3. The van der Waals surface area contributed by atoms with Crippen LogP contribution in [0.15, 0.2) is 30.3 Å². The van der Waals surface area contributed by atoms with Crippen LogP contribution in [0.5, 0.6) is 0 Å². The van der Waals surface area contributed by atoms with Gasteiger partial charge in [-0.3, -0.25) is 0 Å². The van der Waals surface area contributed by atoms with Crippen molar-refractivity contribution in [2.75, 3.05) is 6.54 Å². The van der Waals surface area contributed by atoms with Crippen molar-refractivity contribution in [1.82, 2.24) is 5.32 Å². The topological polar surface area (TPSA) is 52.5 Å². The molecule has 0 spiro atoms. The van der Waals surface area contributed by atoms with E-state index >= 15 is 0 Å². The van der Waals surface area contributed by atoms with Gasteiger partial charge in [-0.25, -0.2) is 0 Å². The molecule has 90 valence electrons. The molecule has 0 aliphatic rings. The predicted molar refractivity (Wildman–Crippen MR) is 65.2 cm³/mol. The van der Waals surface area contributed by atoms with Crippen molar-refractivity contribution < 1.29 is 10.2 Å². The highest BCUT2D eigenvalue weighted by Gasteiger charge is 2.18. The molecular weight excluding hydrogens is 202 g/mol. The van der Waals surface area contributed by atoms with Gasteiger partial charge in [0.15, 0.2) is 0 Å². The van der Waals surface area contributed by atoms with Crippen molar-refractivity contribution in [3.8, 4) is 0 Å². The molecule has 0 radical (unpaired) electrons. The highest BCUT2D eigenvalue weighted by molar-refractivity contribution is 5.18. The van der Waals surface area contributed by atoms with Crippen molar-refractivity contribution in [3.05, 3.63) is 35.9 Å². The average molecular weight is 223 g/mol.